The van der Waals surface area contributed by atoms with Gasteiger partial charge in [0.2, 0.25) is 11.8 Å². The van der Waals surface area contributed by atoms with Crippen molar-refractivity contribution in [1.82, 2.24) is 9.97 Å². The van der Waals surface area contributed by atoms with Crippen LogP contribution in [-0.4, -0.2) is 30.0 Å². The second-order valence-electron chi connectivity index (χ2n) is 4.92. The van der Waals surface area contributed by atoms with Crippen LogP contribution in [0.15, 0.2) is 6.20 Å². The molecule has 2 atom stereocenters. The minimum Gasteiger partial charge on any atom is -0.480 e. The molecule has 104 valence electrons. The quantitative estimate of drug-likeness (QED) is 0.765. The highest BCUT2D eigenvalue weighted by atomic mass is 16.5. The van der Waals surface area contributed by atoms with E-state index in [4.69, 9.17) is 9.47 Å². The van der Waals surface area contributed by atoms with Crippen LogP contribution in [0.25, 0.3) is 0 Å². The van der Waals surface area contributed by atoms with Crippen molar-refractivity contribution in [3.05, 3.63) is 11.9 Å². The van der Waals surface area contributed by atoms with Gasteiger partial charge in [-0.15, -0.1) is 0 Å². The molecule has 5 nitrogen and oxygen atoms in total. The molecule has 5 heteroatoms. The zero-order valence-electron chi connectivity index (χ0n) is 11.7. The van der Waals surface area contributed by atoms with Gasteiger partial charge < -0.3 is 9.47 Å². The summed E-state index contributed by atoms with van der Waals surface area (Å²) in [5, 5.41) is 0. The van der Waals surface area contributed by atoms with Crippen LogP contribution in [0.1, 0.15) is 43.1 Å². The average Bonchev–Trinajstić information content (AvgIpc) is 2.94. The molecule has 2 unspecified atom stereocenters. The molecule has 0 aromatic carbocycles. The highest BCUT2D eigenvalue weighted by Gasteiger charge is 2.32. The van der Waals surface area contributed by atoms with Gasteiger partial charge in [0, 0.05) is 5.92 Å². The smallest absolute Gasteiger partial charge is 0.246 e. The average molecular weight is 264 g/mol. The Morgan fingerprint density at radius 1 is 1.37 bits per heavy atom. The van der Waals surface area contributed by atoms with Gasteiger partial charge in [-0.3, -0.25) is 4.79 Å². The van der Waals surface area contributed by atoms with Crippen LogP contribution in [0.2, 0.25) is 0 Å². The third-order valence-corrected chi connectivity index (χ3v) is 3.84. The largest absolute Gasteiger partial charge is 0.480 e. The molecule has 2 rings (SSSR count). The summed E-state index contributed by atoms with van der Waals surface area (Å²) in [5.41, 5.74) is 0.324. The van der Waals surface area contributed by atoms with E-state index in [-0.39, 0.29) is 17.6 Å². The van der Waals surface area contributed by atoms with Crippen LogP contribution < -0.4 is 9.47 Å². The topological polar surface area (TPSA) is 61.3 Å². The first-order valence-electron chi connectivity index (χ1n) is 6.68. The predicted octanol–water partition coefficient (Wildman–Crippen LogP) is 2.50. The Balaban J connectivity index is 2.19. The molecule has 1 aliphatic rings. The van der Waals surface area contributed by atoms with Crippen molar-refractivity contribution in [2.45, 2.75) is 32.6 Å². The molecular formula is C14H20N2O3. The van der Waals surface area contributed by atoms with Crippen LogP contribution in [-0.2, 0) is 0 Å². The molecule has 0 bridgehead atoms. The van der Waals surface area contributed by atoms with Crippen molar-refractivity contribution >= 4 is 5.78 Å². The summed E-state index contributed by atoms with van der Waals surface area (Å²) in [7, 11) is 3.00. The molecule has 0 saturated heterocycles. The maximum absolute atomic E-state index is 12.5. The highest BCUT2D eigenvalue weighted by Crippen LogP contribution is 2.35. The Bertz CT molecular complexity index is 462. The van der Waals surface area contributed by atoms with Crippen molar-refractivity contribution in [3.63, 3.8) is 0 Å². The SMILES string of the molecule is CCC1CCC(C(=O)c2ncc(OC)nc2OC)C1. The number of hydrogen-bond acceptors (Lipinski definition) is 5. The third-order valence-electron chi connectivity index (χ3n) is 3.84. The molecule has 1 fully saturated rings. The van der Waals surface area contributed by atoms with Crippen molar-refractivity contribution in [2.75, 3.05) is 14.2 Å². The number of carbonyl (C=O) groups is 1. The summed E-state index contributed by atoms with van der Waals surface area (Å²) in [6.45, 7) is 2.17. The molecule has 1 heterocycles. The maximum atomic E-state index is 12.5. The summed E-state index contributed by atoms with van der Waals surface area (Å²) in [5.74, 6) is 1.37. The lowest BCUT2D eigenvalue weighted by atomic mass is 9.97. The minimum absolute atomic E-state index is 0.0444. The lowest BCUT2D eigenvalue weighted by Crippen LogP contribution is -2.15. The van der Waals surface area contributed by atoms with E-state index in [0.29, 0.717) is 17.5 Å². The first kappa shape index (κ1) is 13.8. The zero-order valence-corrected chi connectivity index (χ0v) is 11.7. The summed E-state index contributed by atoms with van der Waals surface area (Å²) >= 11 is 0. The summed E-state index contributed by atoms with van der Waals surface area (Å²) in [6, 6.07) is 0. The molecule has 0 radical (unpaired) electrons. The lowest BCUT2D eigenvalue weighted by molar-refractivity contribution is 0.0910. The van der Waals surface area contributed by atoms with Crippen molar-refractivity contribution in [3.8, 4) is 11.8 Å². The molecule has 1 saturated carbocycles. The van der Waals surface area contributed by atoms with E-state index in [0.717, 1.165) is 25.7 Å². The van der Waals surface area contributed by atoms with Crippen molar-refractivity contribution < 1.29 is 14.3 Å². The van der Waals surface area contributed by atoms with Gasteiger partial charge in [0.1, 0.15) is 0 Å². The fraction of sp³-hybridized carbons (Fsp3) is 0.643. The van der Waals surface area contributed by atoms with E-state index in [1.807, 2.05) is 0 Å². The van der Waals surface area contributed by atoms with E-state index < -0.39 is 0 Å². The number of rotatable bonds is 5. The van der Waals surface area contributed by atoms with Gasteiger partial charge >= 0.3 is 0 Å². The molecular weight excluding hydrogens is 244 g/mol. The fourth-order valence-electron chi connectivity index (χ4n) is 2.64. The molecule has 0 aliphatic heterocycles. The van der Waals surface area contributed by atoms with Gasteiger partial charge in [-0.25, -0.2) is 4.98 Å². The standard InChI is InChI=1S/C14H20N2O3/c1-4-9-5-6-10(7-9)13(17)12-14(19-3)16-11(18-2)8-15-12/h8-10H,4-7H2,1-3H3. The normalized spacial score (nSPS) is 22.3. The van der Waals surface area contributed by atoms with Crippen LogP contribution >= 0.6 is 0 Å². The molecule has 1 aromatic rings. The molecule has 1 aromatic heterocycles. The predicted molar refractivity (Wildman–Crippen MR) is 70.6 cm³/mol. The fourth-order valence-corrected chi connectivity index (χ4v) is 2.64. The van der Waals surface area contributed by atoms with Gasteiger partial charge in [0.05, 0.1) is 20.4 Å². The zero-order chi connectivity index (χ0) is 13.8. The van der Waals surface area contributed by atoms with Crippen LogP contribution in [0, 0.1) is 11.8 Å². The summed E-state index contributed by atoms with van der Waals surface area (Å²) in [6.07, 6.45) is 5.61. The number of ketones is 1. The van der Waals surface area contributed by atoms with Crippen molar-refractivity contribution in [2.24, 2.45) is 11.8 Å². The molecule has 0 N–H and O–H groups in total. The van der Waals surface area contributed by atoms with Gasteiger partial charge in [0.25, 0.3) is 0 Å². The lowest BCUT2D eigenvalue weighted by Gasteiger charge is -2.11. The van der Waals surface area contributed by atoms with E-state index in [2.05, 4.69) is 16.9 Å². The van der Waals surface area contributed by atoms with Gasteiger partial charge in [0.15, 0.2) is 11.5 Å². The van der Waals surface area contributed by atoms with Gasteiger partial charge in [-0.1, -0.05) is 13.3 Å². The second kappa shape index (κ2) is 5.99. The van der Waals surface area contributed by atoms with E-state index >= 15 is 0 Å². The first-order valence-corrected chi connectivity index (χ1v) is 6.68. The Kier molecular flexibility index (Phi) is 4.35. The van der Waals surface area contributed by atoms with E-state index in [1.54, 1.807) is 0 Å². The number of carbonyl (C=O) groups excluding carboxylic acids is 1. The highest BCUT2D eigenvalue weighted by molar-refractivity contribution is 5.98. The Hall–Kier alpha value is -1.65. The van der Waals surface area contributed by atoms with E-state index in [1.165, 1.54) is 20.4 Å². The summed E-state index contributed by atoms with van der Waals surface area (Å²) < 4.78 is 10.1. The Labute approximate surface area is 113 Å². The van der Waals surface area contributed by atoms with Gasteiger partial charge in [-0.2, -0.15) is 4.98 Å². The van der Waals surface area contributed by atoms with E-state index in [9.17, 15) is 4.79 Å². The van der Waals surface area contributed by atoms with Crippen LogP contribution in [0.3, 0.4) is 0 Å². The number of Topliss-reactive ketones (excluding diaryl/α,β-unsaturated/α-hetero) is 1. The Morgan fingerprint density at radius 2 is 2.16 bits per heavy atom. The number of aromatic nitrogens is 2. The molecule has 1 aliphatic carbocycles. The summed E-state index contributed by atoms with van der Waals surface area (Å²) in [4.78, 5) is 20.7. The maximum Gasteiger partial charge on any atom is 0.246 e. The minimum atomic E-state index is 0.0444. The van der Waals surface area contributed by atoms with Crippen LogP contribution in [0.5, 0.6) is 11.8 Å². The third kappa shape index (κ3) is 2.85. The number of methoxy groups -OCH3 is 2. The van der Waals surface area contributed by atoms with Crippen LogP contribution in [0.4, 0.5) is 0 Å². The second-order valence-corrected chi connectivity index (χ2v) is 4.92. The number of ether oxygens (including phenoxy) is 2. The number of hydrogen-bond donors (Lipinski definition) is 0. The Morgan fingerprint density at radius 3 is 2.74 bits per heavy atom. The van der Waals surface area contributed by atoms with Gasteiger partial charge in [-0.05, 0) is 25.2 Å². The molecule has 0 amide bonds. The monoisotopic (exact) mass is 264 g/mol. The van der Waals surface area contributed by atoms with Crippen molar-refractivity contribution in [1.29, 1.82) is 0 Å². The first-order chi connectivity index (χ1) is 9.19. The molecule has 0 spiro atoms. The number of nitrogens with zero attached hydrogens (tertiary/aromatic N) is 2. The molecule has 19 heavy (non-hydrogen) atoms.